The third-order valence-electron chi connectivity index (χ3n) is 5.43. The highest BCUT2D eigenvalue weighted by Gasteiger charge is 2.47. The minimum absolute atomic E-state index is 0.0537. The molecule has 0 aromatic heterocycles. The zero-order valence-corrected chi connectivity index (χ0v) is 19.1. The summed E-state index contributed by atoms with van der Waals surface area (Å²) < 4.78 is 34.9. The Morgan fingerprint density at radius 3 is 1.35 bits per heavy atom. The fourth-order valence-electron chi connectivity index (χ4n) is 3.42. The van der Waals surface area contributed by atoms with E-state index in [4.69, 9.17) is 38.6 Å². The van der Waals surface area contributed by atoms with E-state index in [1.54, 1.807) is 0 Å². The van der Waals surface area contributed by atoms with E-state index in [1.807, 2.05) is 27.7 Å². The van der Waals surface area contributed by atoms with E-state index >= 15 is 0 Å². The van der Waals surface area contributed by atoms with Gasteiger partial charge in [0.2, 0.25) is 0 Å². The molecule has 4 N–H and O–H groups in total. The summed E-state index contributed by atoms with van der Waals surface area (Å²) in [4.78, 5) is 0. The van der Waals surface area contributed by atoms with Crippen LogP contribution in [0.1, 0.15) is 27.7 Å². The average molecular weight is 453 g/mol. The summed E-state index contributed by atoms with van der Waals surface area (Å²) in [6, 6.07) is 0. The highest BCUT2D eigenvalue weighted by atomic mass is 16.7. The number of hydrogen-bond donors (Lipinski definition) is 4. The van der Waals surface area contributed by atoms with Crippen LogP contribution in [0.5, 0.6) is 0 Å². The second kappa shape index (κ2) is 11.6. The molecule has 2 aliphatic rings. The molecule has 0 aromatic carbocycles. The number of hydrogen-bond acceptors (Lipinski definition) is 10. The topological polar surface area (TPSA) is 136 Å². The van der Waals surface area contributed by atoms with Crippen LogP contribution < -0.4 is 0 Å². The molecule has 10 nitrogen and oxygen atoms in total. The third kappa shape index (κ3) is 7.85. The second-order valence-electron chi connectivity index (χ2n) is 10.1. The molecule has 0 bridgehead atoms. The van der Waals surface area contributed by atoms with Gasteiger partial charge in [0.05, 0.1) is 71.5 Å². The molecule has 2 saturated heterocycles. The number of rotatable bonds is 12. The standard InChI is InChI=1S/C21H40O10/c1-19(2,9-26-7-15(24)5-22)17-28-11-21(12-29-17)13-30-18(31-14-21)20(3,4)10-27-8-16(25)6-23/h15-18,22-25H,5-14H2,1-4H3. The molecular weight excluding hydrogens is 412 g/mol. The monoisotopic (exact) mass is 452 g/mol. The fraction of sp³-hybridized carbons (Fsp3) is 1.00. The van der Waals surface area contributed by atoms with Crippen LogP contribution in [0, 0.1) is 16.2 Å². The molecule has 0 saturated carbocycles. The Morgan fingerprint density at radius 1 is 0.742 bits per heavy atom. The van der Waals surface area contributed by atoms with E-state index in [1.165, 1.54) is 0 Å². The van der Waals surface area contributed by atoms with Crippen LogP contribution in [0.4, 0.5) is 0 Å². The first kappa shape index (κ1) is 26.8. The van der Waals surface area contributed by atoms with Crippen molar-refractivity contribution >= 4 is 0 Å². The van der Waals surface area contributed by atoms with Gasteiger partial charge in [-0.05, 0) is 0 Å². The summed E-state index contributed by atoms with van der Waals surface area (Å²) in [7, 11) is 0. The molecule has 10 heteroatoms. The van der Waals surface area contributed by atoms with Crippen molar-refractivity contribution in [2.24, 2.45) is 16.2 Å². The lowest BCUT2D eigenvalue weighted by atomic mass is 9.86. The minimum atomic E-state index is -0.897. The molecule has 0 amide bonds. The first-order valence-corrected chi connectivity index (χ1v) is 10.7. The molecule has 2 heterocycles. The summed E-state index contributed by atoms with van der Waals surface area (Å²) in [5.74, 6) is 0. The molecule has 31 heavy (non-hydrogen) atoms. The van der Waals surface area contributed by atoms with Gasteiger partial charge in [-0.25, -0.2) is 0 Å². The largest absolute Gasteiger partial charge is 0.394 e. The maximum Gasteiger partial charge on any atom is 0.164 e. The Bertz CT molecular complexity index is 461. The summed E-state index contributed by atoms with van der Waals surface area (Å²) in [6.07, 6.45) is -2.73. The van der Waals surface area contributed by atoms with E-state index in [2.05, 4.69) is 0 Å². The highest BCUT2D eigenvalue weighted by Crippen LogP contribution is 2.38. The van der Waals surface area contributed by atoms with Crippen molar-refractivity contribution in [3.63, 3.8) is 0 Å². The molecule has 0 radical (unpaired) electrons. The lowest BCUT2D eigenvalue weighted by Gasteiger charge is -2.48. The van der Waals surface area contributed by atoms with Gasteiger partial charge < -0.3 is 48.8 Å². The smallest absolute Gasteiger partial charge is 0.164 e. The molecular formula is C21H40O10. The van der Waals surface area contributed by atoms with Crippen molar-refractivity contribution in [3.05, 3.63) is 0 Å². The molecule has 2 fully saturated rings. The fourth-order valence-corrected chi connectivity index (χ4v) is 3.42. The predicted octanol–water partition coefficient (Wildman–Crippen LogP) is -0.489. The first-order valence-electron chi connectivity index (χ1n) is 10.7. The van der Waals surface area contributed by atoms with Crippen molar-refractivity contribution in [1.82, 2.24) is 0 Å². The number of ether oxygens (including phenoxy) is 6. The third-order valence-corrected chi connectivity index (χ3v) is 5.43. The quantitative estimate of drug-likeness (QED) is 0.307. The van der Waals surface area contributed by atoms with E-state index in [0.717, 1.165) is 0 Å². The van der Waals surface area contributed by atoms with Gasteiger partial charge in [0.1, 0.15) is 12.2 Å². The SMILES string of the molecule is CC(C)(COCC(O)CO)C1OCC2(CO1)COC(C(C)(C)COCC(O)CO)OC2. The highest BCUT2D eigenvalue weighted by molar-refractivity contribution is 4.89. The van der Waals surface area contributed by atoms with E-state index in [9.17, 15) is 10.2 Å². The Kier molecular flexibility index (Phi) is 10.1. The Labute approximate surface area is 184 Å². The maximum atomic E-state index is 9.40. The zero-order chi connectivity index (χ0) is 23.1. The van der Waals surface area contributed by atoms with Crippen LogP contribution in [-0.4, -0.2) is 111 Å². The van der Waals surface area contributed by atoms with Gasteiger partial charge in [-0.2, -0.15) is 0 Å². The molecule has 1 spiro atoms. The van der Waals surface area contributed by atoms with E-state index < -0.39 is 35.6 Å². The second-order valence-corrected chi connectivity index (χ2v) is 10.1. The van der Waals surface area contributed by atoms with E-state index in [0.29, 0.717) is 39.6 Å². The maximum absolute atomic E-state index is 9.40. The average Bonchev–Trinajstić information content (AvgIpc) is 2.73. The number of aliphatic hydroxyl groups excluding tert-OH is 4. The van der Waals surface area contributed by atoms with Gasteiger partial charge in [0, 0.05) is 10.8 Å². The summed E-state index contributed by atoms with van der Waals surface area (Å²) in [6.45, 7) is 9.59. The van der Waals surface area contributed by atoms with Gasteiger partial charge in [-0.1, -0.05) is 27.7 Å². The summed E-state index contributed by atoms with van der Waals surface area (Å²) >= 11 is 0. The first-order chi connectivity index (χ1) is 14.5. The van der Waals surface area contributed by atoms with Crippen LogP contribution in [0.25, 0.3) is 0 Å². The molecule has 0 aliphatic carbocycles. The van der Waals surface area contributed by atoms with Crippen LogP contribution in [-0.2, 0) is 28.4 Å². The minimum Gasteiger partial charge on any atom is -0.394 e. The summed E-state index contributed by atoms with van der Waals surface area (Å²) in [5, 5.41) is 36.5. The lowest BCUT2D eigenvalue weighted by molar-refractivity contribution is -0.338. The lowest BCUT2D eigenvalue weighted by Crippen LogP contribution is -2.57. The van der Waals surface area contributed by atoms with Crippen molar-refractivity contribution in [1.29, 1.82) is 0 Å². The van der Waals surface area contributed by atoms with Crippen LogP contribution in [0.3, 0.4) is 0 Å². The van der Waals surface area contributed by atoms with Crippen LogP contribution >= 0.6 is 0 Å². The van der Waals surface area contributed by atoms with Crippen molar-refractivity contribution in [2.75, 3.05) is 66.1 Å². The van der Waals surface area contributed by atoms with Gasteiger partial charge >= 0.3 is 0 Å². The van der Waals surface area contributed by atoms with Crippen LogP contribution in [0.15, 0.2) is 0 Å². The Balaban J connectivity index is 1.76. The van der Waals surface area contributed by atoms with Gasteiger partial charge in [0.15, 0.2) is 12.6 Å². The predicted molar refractivity (Wildman–Crippen MR) is 109 cm³/mol. The molecule has 184 valence electrons. The summed E-state index contributed by atoms with van der Waals surface area (Å²) in [5.41, 5.74) is -1.26. The Morgan fingerprint density at radius 2 is 1.06 bits per heavy atom. The molecule has 0 aromatic rings. The van der Waals surface area contributed by atoms with Gasteiger partial charge in [-0.15, -0.1) is 0 Å². The van der Waals surface area contributed by atoms with Crippen molar-refractivity contribution in [3.8, 4) is 0 Å². The van der Waals surface area contributed by atoms with Crippen molar-refractivity contribution < 1.29 is 48.8 Å². The molecule has 2 unspecified atom stereocenters. The zero-order valence-electron chi connectivity index (χ0n) is 19.1. The van der Waals surface area contributed by atoms with Crippen molar-refractivity contribution in [2.45, 2.75) is 52.5 Å². The Hall–Kier alpha value is -0.400. The molecule has 2 rings (SSSR count). The molecule has 2 aliphatic heterocycles. The van der Waals surface area contributed by atoms with E-state index in [-0.39, 0.29) is 31.8 Å². The number of aliphatic hydroxyl groups is 4. The normalized spacial score (nSPS) is 29.8. The molecule has 2 atom stereocenters. The van der Waals surface area contributed by atoms with Crippen LogP contribution in [0.2, 0.25) is 0 Å². The van der Waals surface area contributed by atoms with Gasteiger partial charge in [-0.3, -0.25) is 0 Å². The van der Waals surface area contributed by atoms with Gasteiger partial charge in [0.25, 0.3) is 0 Å².